The Kier molecular flexibility index (Phi) is 6.70. The number of hydrogen-bond acceptors (Lipinski definition) is 3. The number of ketones is 1. The lowest BCUT2D eigenvalue weighted by Crippen LogP contribution is -2.38. The van der Waals surface area contributed by atoms with Crippen LogP contribution in [0.5, 0.6) is 0 Å². The van der Waals surface area contributed by atoms with Gasteiger partial charge in [-0.25, -0.2) is 0 Å². The summed E-state index contributed by atoms with van der Waals surface area (Å²) in [6.07, 6.45) is 4.27. The Labute approximate surface area is 87.4 Å². The van der Waals surface area contributed by atoms with E-state index in [1.165, 1.54) is 6.08 Å². The minimum Gasteiger partial charge on any atom is -0.398 e. The standard InChI is InChI=1S/C10H20O3Si/c1-5-7-10(11)9-13-14(4,12-3)8-6-2/h5,7H,6,8-9H2,1-4H3. The summed E-state index contributed by atoms with van der Waals surface area (Å²) in [7, 11) is -0.415. The van der Waals surface area contributed by atoms with E-state index in [0.29, 0.717) is 0 Å². The summed E-state index contributed by atoms with van der Waals surface area (Å²) in [6, 6.07) is 0.923. The van der Waals surface area contributed by atoms with E-state index in [9.17, 15) is 4.79 Å². The van der Waals surface area contributed by atoms with Crippen LogP contribution in [0.25, 0.3) is 0 Å². The maximum atomic E-state index is 11.2. The molecule has 0 aromatic heterocycles. The third kappa shape index (κ3) is 5.31. The third-order valence-corrected chi connectivity index (χ3v) is 5.04. The Bertz CT molecular complexity index is 204. The molecular formula is C10H20O3Si. The molecule has 82 valence electrons. The lowest BCUT2D eigenvalue weighted by Gasteiger charge is -2.23. The third-order valence-electron chi connectivity index (χ3n) is 2.01. The molecule has 1 unspecified atom stereocenters. The summed E-state index contributed by atoms with van der Waals surface area (Å²) in [4.78, 5) is 11.2. The molecule has 0 aromatic rings. The van der Waals surface area contributed by atoms with E-state index in [-0.39, 0.29) is 12.4 Å². The molecule has 0 spiro atoms. The molecule has 0 rings (SSSR count). The molecule has 0 saturated carbocycles. The highest BCUT2D eigenvalue weighted by molar-refractivity contribution is 6.66. The van der Waals surface area contributed by atoms with E-state index < -0.39 is 8.56 Å². The smallest absolute Gasteiger partial charge is 0.335 e. The van der Waals surface area contributed by atoms with Crippen LogP contribution in [0.3, 0.4) is 0 Å². The summed E-state index contributed by atoms with van der Waals surface area (Å²) in [5.41, 5.74) is 0. The van der Waals surface area contributed by atoms with Crippen LogP contribution in [0.4, 0.5) is 0 Å². The molecule has 0 fully saturated rings. The summed E-state index contributed by atoms with van der Waals surface area (Å²) < 4.78 is 10.9. The lowest BCUT2D eigenvalue weighted by molar-refractivity contribution is -0.117. The monoisotopic (exact) mass is 216 g/mol. The summed E-state index contributed by atoms with van der Waals surface area (Å²) in [6.45, 7) is 6.03. The zero-order valence-corrected chi connectivity index (χ0v) is 10.5. The number of carbonyl (C=O) groups is 1. The highest BCUT2D eigenvalue weighted by Gasteiger charge is 2.29. The van der Waals surface area contributed by atoms with Gasteiger partial charge in [0, 0.05) is 7.11 Å². The molecule has 0 amide bonds. The van der Waals surface area contributed by atoms with Crippen molar-refractivity contribution < 1.29 is 13.6 Å². The molecule has 0 aliphatic carbocycles. The van der Waals surface area contributed by atoms with Crippen LogP contribution in [0.15, 0.2) is 12.2 Å². The van der Waals surface area contributed by atoms with Crippen molar-refractivity contribution in [2.24, 2.45) is 0 Å². The molecular weight excluding hydrogens is 196 g/mol. The largest absolute Gasteiger partial charge is 0.398 e. The fourth-order valence-corrected chi connectivity index (χ4v) is 2.97. The van der Waals surface area contributed by atoms with Gasteiger partial charge in [0.05, 0.1) is 6.61 Å². The van der Waals surface area contributed by atoms with Crippen LogP contribution < -0.4 is 0 Å². The molecule has 4 heteroatoms. The second kappa shape index (κ2) is 6.92. The quantitative estimate of drug-likeness (QED) is 0.484. The maximum absolute atomic E-state index is 11.2. The fourth-order valence-electron chi connectivity index (χ4n) is 1.15. The Morgan fingerprint density at radius 2 is 2.14 bits per heavy atom. The molecule has 0 aliphatic heterocycles. The average Bonchev–Trinajstić information content (AvgIpc) is 2.16. The van der Waals surface area contributed by atoms with Crippen LogP contribution in [-0.2, 0) is 13.6 Å². The van der Waals surface area contributed by atoms with Gasteiger partial charge < -0.3 is 8.85 Å². The van der Waals surface area contributed by atoms with E-state index in [1.54, 1.807) is 13.2 Å². The Morgan fingerprint density at radius 3 is 2.57 bits per heavy atom. The van der Waals surface area contributed by atoms with Crippen molar-refractivity contribution in [2.75, 3.05) is 13.7 Å². The van der Waals surface area contributed by atoms with E-state index >= 15 is 0 Å². The molecule has 0 saturated heterocycles. The Hall–Kier alpha value is -0.453. The van der Waals surface area contributed by atoms with E-state index in [1.807, 2.05) is 13.5 Å². The van der Waals surface area contributed by atoms with Gasteiger partial charge in [-0.3, -0.25) is 4.79 Å². The van der Waals surface area contributed by atoms with Crippen LogP contribution in [-0.4, -0.2) is 28.1 Å². The van der Waals surface area contributed by atoms with Crippen molar-refractivity contribution >= 4 is 14.3 Å². The molecule has 0 aromatic carbocycles. The minimum atomic E-state index is -2.07. The fraction of sp³-hybridized carbons (Fsp3) is 0.700. The van der Waals surface area contributed by atoms with E-state index in [2.05, 4.69) is 6.92 Å². The Morgan fingerprint density at radius 1 is 1.50 bits per heavy atom. The second-order valence-corrected chi connectivity index (χ2v) is 6.81. The predicted molar refractivity (Wildman–Crippen MR) is 59.5 cm³/mol. The maximum Gasteiger partial charge on any atom is 0.335 e. The van der Waals surface area contributed by atoms with Gasteiger partial charge in [-0.1, -0.05) is 19.4 Å². The summed E-state index contributed by atoms with van der Waals surface area (Å²) in [5.74, 6) is -0.000576. The van der Waals surface area contributed by atoms with Crippen molar-refractivity contribution in [3.63, 3.8) is 0 Å². The predicted octanol–water partition coefficient (Wildman–Crippen LogP) is 2.28. The zero-order chi connectivity index (χ0) is 11.0. The van der Waals surface area contributed by atoms with Crippen molar-refractivity contribution in [1.29, 1.82) is 0 Å². The van der Waals surface area contributed by atoms with Gasteiger partial charge in [0.2, 0.25) is 0 Å². The topological polar surface area (TPSA) is 35.5 Å². The average molecular weight is 216 g/mol. The molecule has 0 heterocycles. The van der Waals surface area contributed by atoms with E-state index in [0.717, 1.165) is 12.5 Å². The van der Waals surface area contributed by atoms with Crippen molar-refractivity contribution in [2.45, 2.75) is 32.9 Å². The number of carbonyl (C=O) groups excluding carboxylic acids is 1. The van der Waals surface area contributed by atoms with E-state index in [4.69, 9.17) is 8.85 Å². The molecule has 0 radical (unpaired) electrons. The van der Waals surface area contributed by atoms with Gasteiger partial charge in [-0.15, -0.1) is 0 Å². The first-order valence-corrected chi connectivity index (χ1v) is 7.45. The highest BCUT2D eigenvalue weighted by Crippen LogP contribution is 2.14. The molecule has 14 heavy (non-hydrogen) atoms. The summed E-state index contributed by atoms with van der Waals surface area (Å²) >= 11 is 0. The molecule has 0 bridgehead atoms. The molecule has 3 nitrogen and oxygen atoms in total. The Balaban J connectivity index is 4.00. The van der Waals surface area contributed by atoms with Crippen LogP contribution in [0.1, 0.15) is 20.3 Å². The van der Waals surface area contributed by atoms with Crippen molar-refractivity contribution in [1.82, 2.24) is 0 Å². The van der Waals surface area contributed by atoms with Crippen LogP contribution in [0.2, 0.25) is 12.6 Å². The minimum absolute atomic E-state index is 0.000576. The first-order chi connectivity index (χ1) is 6.58. The van der Waals surface area contributed by atoms with Gasteiger partial charge in [0.15, 0.2) is 5.78 Å². The van der Waals surface area contributed by atoms with Gasteiger partial charge in [-0.2, -0.15) is 0 Å². The van der Waals surface area contributed by atoms with Gasteiger partial charge in [0.25, 0.3) is 0 Å². The van der Waals surface area contributed by atoms with Crippen molar-refractivity contribution in [3.05, 3.63) is 12.2 Å². The summed E-state index contributed by atoms with van der Waals surface area (Å²) in [5, 5.41) is 0. The SMILES string of the molecule is CC=CC(=O)CO[Si](C)(CCC)OC. The highest BCUT2D eigenvalue weighted by atomic mass is 28.4. The lowest BCUT2D eigenvalue weighted by atomic mass is 10.4. The van der Waals surface area contributed by atoms with Crippen LogP contribution in [0, 0.1) is 0 Å². The first-order valence-electron chi connectivity index (χ1n) is 4.92. The molecule has 0 aliphatic rings. The second-order valence-electron chi connectivity index (χ2n) is 3.34. The molecule has 0 N–H and O–H groups in total. The molecule has 1 atom stereocenters. The van der Waals surface area contributed by atoms with Gasteiger partial charge >= 0.3 is 8.56 Å². The number of allylic oxidation sites excluding steroid dienone is 1. The van der Waals surface area contributed by atoms with Gasteiger partial charge in [-0.05, 0) is 25.6 Å². The normalized spacial score (nSPS) is 15.7. The number of rotatable bonds is 7. The first kappa shape index (κ1) is 13.5. The van der Waals surface area contributed by atoms with Crippen molar-refractivity contribution in [3.8, 4) is 0 Å². The number of hydrogen-bond donors (Lipinski definition) is 0. The van der Waals surface area contributed by atoms with Gasteiger partial charge in [0.1, 0.15) is 0 Å². The van der Waals surface area contributed by atoms with Crippen LogP contribution >= 0.6 is 0 Å². The zero-order valence-electron chi connectivity index (χ0n) is 9.50.